The van der Waals surface area contributed by atoms with Crippen molar-refractivity contribution in [3.63, 3.8) is 0 Å². The molecule has 0 saturated carbocycles. The van der Waals surface area contributed by atoms with E-state index in [4.69, 9.17) is 14.7 Å². The molecule has 0 aliphatic heterocycles. The third-order valence-electron chi connectivity index (χ3n) is 2.57. The van der Waals surface area contributed by atoms with Crippen LogP contribution in [0.2, 0.25) is 0 Å². The number of hydrogen-bond acceptors (Lipinski definition) is 6. The first-order valence-electron chi connectivity index (χ1n) is 6.67. The van der Waals surface area contributed by atoms with E-state index in [2.05, 4.69) is 5.32 Å². The molecule has 1 N–H and O–H groups in total. The third-order valence-corrected chi connectivity index (χ3v) is 2.57. The molecular weight excluding hydrogens is 288 g/mol. The van der Waals surface area contributed by atoms with Crippen LogP contribution in [0.15, 0.2) is 24.3 Å². The number of amides is 1. The Kier molecular flexibility index (Phi) is 6.57. The number of nitrogens with one attached hydrogen (secondary N) is 1. The lowest BCUT2D eigenvalue weighted by atomic mass is 10.1. The van der Waals surface area contributed by atoms with Gasteiger partial charge in [0.25, 0.3) is 5.91 Å². The van der Waals surface area contributed by atoms with Crippen LogP contribution in [0.3, 0.4) is 0 Å². The van der Waals surface area contributed by atoms with Gasteiger partial charge in [0.15, 0.2) is 0 Å². The zero-order chi connectivity index (χ0) is 16.5. The lowest BCUT2D eigenvalue weighted by molar-refractivity contribution is -0.157. The monoisotopic (exact) mass is 304 g/mol. The Morgan fingerprint density at radius 2 is 1.77 bits per heavy atom. The van der Waals surface area contributed by atoms with Crippen molar-refractivity contribution in [3.05, 3.63) is 35.4 Å². The van der Waals surface area contributed by atoms with E-state index in [1.807, 2.05) is 6.07 Å². The second-order valence-electron chi connectivity index (χ2n) is 4.10. The summed E-state index contributed by atoms with van der Waals surface area (Å²) >= 11 is 0. The second-order valence-corrected chi connectivity index (χ2v) is 4.10. The molecule has 0 aliphatic carbocycles. The van der Waals surface area contributed by atoms with Gasteiger partial charge in [0.1, 0.15) is 0 Å². The van der Waals surface area contributed by atoms with Crippen LogP contribution in [0.4, 0.5) is 0 Å². The van der Waals surface area contributed by atoms with Crippen molar-refractivity contribution < 1.29 is 23.9 Å². The lowest BCUT2D eigenvalue weighted by Crippen LogP contribution is -2.48. The summed E-state index contributed by atoms with van der Waals surface area (Å²) in [5.74, 6) is -2.47. The molecule has 0 saturated heterocycles. The Bertz CT molecular complexity index is 588. The molecule has 1 aromatic carbocycles. The van der Waals surface area contributed by atoms with Crippen LogP contribution < -0.4 is 5.32 Å². The molecular formula is C15H16N2O5. The molecule has 0 bridgehead atoms. The molecule has 7 heteroatoms. The highest BCUT2D eigenvalue weighted by Gasteiger charge is 2.31. The van der Waals surface area contributed by atoms with Gasteiger partial charge in [-0.05, 0) is 32.0 Å². The van der Waals surface area contributed by atoms with Crippen LogP contribution in [-0.4, -0.2) is 37.1 Å². The summed E-state index contributed by atoms with van der Waals surface area (Å²) in [4.78, 5) is 35.6. The Morgan fingerprint density at radius 3 is 2.27 bits per heavy atom. The number of nitrogens with zero attached hydrogens (tertiary/aromatic N) is 1. The molecule has 0 heterocycles. The largest absolute Gasteiger partial charge is 0.464 e. The fourth-order valence-electron chi connectivity index (χ4n) is 1.61. The molecule has 1 aromatic rings. The highest BCUT2D eigenvalue weighted by atomic mass is 16.6. The van der Waals surface area contributed by atoms with Crippen molar-refractivity contribution in [2.24, 2.45) is 0 Å². The van der Waals surface area contributed by atoms with Gasteiger partial charge in [-0.2, -0.15) is 5.26 Å². The number of rotatable bonds is 6. The van der Waals surface area contributed by atoms with Gasteiger partial charge >= 0.3 is 11.9 Å². The van der Waals surface area contributed by atoms with E-state index < -0.39 is 23.9 Å². The van der Waals surface area contributed by atoms with E-state index in [1.165, 1.54) is 24.3 Å². The first kappa shape index (κ1) is 17.2. The minimum Gasteiger partial charge on any atom is -0.464 e. The Balaban J connectivity index is 2.92. The molecule has 0 radical (unpaired) electrons. The summed E-state index contributed by atoms with van der Waals surface area (Å²) in [7, 11) is 0. The first-order valence-corrected chi connectivity index (χ1v) is 6.67. The van der Waals surface area contributed by atoms with Gasteiger partial charge in [-0.3, -0.25) is 4.79 Å². The Morgan fingerprint density at radius 1 is 1.18 bits per heavy atom. The second kappa shape index (κ2) is 8.42. The normalized spacial score (nSPS) is 9.73. The molecule has 0 atom stereocenters. The standard InChI is InChI=1S/C15H16N2O5/c1-3-21-14(19)12(15(20)22-4-2)17-13(18)11-7-5-6-10(8-11)9-16/h5-8,12H,3-4H2,1-2H3,(H,17,18). The summed E-state index contributed by atoms with van der Waals surface area (Å²) in [5.41, 5.74) is 0.439. The summed E-state index contributed by atoms with van der Waals surface area (Å²) < 4.78 is 9.49. The Hall–Kier alpha value is -2.88. The number of carbonyl (C=O) groups is 3. The molecule has 22 heavy (non-hydrogen) atoms. The topological polar surface area (TPSA) is 105 Å². The summed E-state index contributed by atoms with van der Waals surface area (Å²) in [6.07, 6.45) is 0. The van der Waals surface area contributed by atoms with Gasteiger partial charge in [-0.25, -0.2) is 9.59 Å². The maximum atomic E-state index is 12.1. The number of carbonyl (C=O) groups excluding carboxylic acids is 3. The molecule has 116 valence electrons. The lowest BCUT2D eigenvalue weighted by Gasteiger charge is -2.15. The minimum atomic E-state index is -1.54. The highest BCUT2D eigenvalue weighted by Crippen LogP contribution is 2.05. The first-order chi connectivity index (χ1) is 10.5. The predicted octanol–water partition coefficient (Wildman–Crippen LogP) is 0.783. The van der Waals surface area contributed by atoms with Crippen LogP contribution in [-0.2, 0) is 19.1 Å². The van der Waals surface area contributed by atoms with Gasteiger partial charge in [-0.15, -0.1) is 0 Å². The Labute approximate surface area is 127 Å². The van der Waals surface area contributed by atoms with Gasteiger partial charge in [0.2, 0.25) is 6.04 Å². The van der Waals surface area contributed by atoms with Crippen molar-refractivity contribution in [1.29, 1.82) is 5.26 Å². The van der Waals surface area contributed by atoms with Crippen LogP contribution in [0.25, 0.3) is 0 Å². The number of nitriles is 1. The molecule has 7 nitrogen and oxygen atoms in total. The van der Waals surface area contributed by atoms with Crippen LogP contribution in [0.5, 0.6) is 0 Å². The van der Waals surface area contributed by atoms with E-state index in [1.54, 1.807) is 13.8 Å². The molecule has 1 rings (SSSR count). The van der Waals surface area contributed by atoms with Crippen molar-refractivity contribution in [2.75, 3.05) is 13.2 Å². The molecule has 0 fully saturated rings. The summed E-state index contributed by atoms with van der Waals surface area (Å²) in [5, 5.41) is 11.1. The van der Waals surface area contributed by atoms with Gasteiger partial charge in [0, 0.05) is 5.56 Å². The molecule has 0 unspecified atom stereocenters. The van der Waals surface area contributed by atoms with Crippen molar-refractivity contribution in [3.8, 4) is 6.07 Å². The fourth-order valence-corrected chi connectivity index (χ4v) is 1.61. The number of benzene rings is 1. The van der Waals surface area contributed by atoms with Gasteiger partial charge in [0.05, 0.1) is 24.8 Å². The summed E-state index contributed by atoms with van der Waals surface area (Å²) in [6, 6.07) is 6.22. The predicted molar refractivity (Wildman–Crippen MR) is 75.7 cm³/mol. The maximum Gasteiger partial charge on any atom is 0.340 e. The van der Waals surface area contributed by atoms with E-state index >= 15 is 0 Å². The average molecular weight is 304 g/mol. The van der Waals surface area contributed by atoms with Crippen molar-refractivity contribution in [1.82, 2.24) is 5.32 Å². The number of esters is 2. The molecule has 0 aromatic heterocycles. The van der Waals surface area contributed by atoms with Crippen LogP contribution in [0.1, 0.15) is 29.8 Å². The quantitative estimate of drug-likeness (QED) is 0.615. The molecule has 1 amide bonds. The van der Waals surface area contributed by atoms with Crippen molar-refractivity contribution >= 4 is 17.8 Å². The number of ether oxygens (including phenoxy) is 2. The van der Waals surface area contributed by atoms with Crippen LogP contribution >= 0.6 is 0 Å². The van der Waals surface area contributed by atoms with Crippen molar-refractivity contribution in [2.45, 2.75) is 19.9 Å². The van der Waals surface area contributed by atoms with Crippen LogP contribution in [0, 0.1) is 11.3 Å². The van der Waals surface area contributed by atoms with E-state index in [0.29, 0.717) is 0 Å². The molecule has 0 aliphatic rings. The zero-order valence-electron chi connectivity index (χ0n) is 12.3. The zero-order valence-corrected chi connectivity index (χ0v) is 12.3. The fraction of sp³-hybridized carbons (Fsp3) is 0.333. The number of hydrogen-bond donors (Lipinski definition) is 1. The smallest absolute Gasteiger partial charge is 0.340 e. The highest BCUT2D eigenvalue weighted by molar-refractivity contribution is 6.05. The van der Waals surface area contributed by atoms with Gasteiger partial charge in [-0.1, -0.05) is 6.07 Å². The van der Waals surface area contributed by atoms with E-state index in [0.717, 1.165) is 0 Å². The van der Waals surface area contributed by atoms with E-state index in [9.17, 15) is 14.4 Å². The van der Waals surface area contributed by atoms with Gasteiger partial charge < -0.3 is 14.8 Å². The minimum absolute atomic E-state index is 0.0640. The van der Waals surface area contributed by atoms with E-state index in [-0.39, 0.29) is 24.3 Å². The average Bonchev–Trinajstić information content (AvgIpc) is 2.52. The third kappa shape index (κ3) is 4.59. The summed E-state index contributed by atoms with van der Waals surface area (Å²) in [6.45, 7) is 3.29. The maximum absolute atomic E-state index is 12.1. The SMILES string of the molecule is CCOC(=O)C(NC(=O)c1cccc(C#N)c1)C(=O)OCC. The molecule has 0 spiro atoms.